The summed E-state index contributed by atoms with van der Waals surface area (Å²) in [6.07, 6.45) is -0.368. The molecule has 0 aromatic rings. The fourth-order valence-corrected chi connectivity index (χ4v) is 0.105. The summed E-state index contributed by atoms with van der Waals surface area (Å²) < 4.78 is 0. The Morgan fingerprint density at radius 2 is 2.17 bits per heavy atom. The number of aliphatic hydroxyl groups is 2. The van der Waals surface area contributed by atoms with Crippen LogP contribution in [0.5, 0.6) is 0 Å². The molecular formula is C3H7NO2. The maximum atomic E-state index is 7.96. The molecule has 3 N–H and O–H groups in total. The van der Waals surface area contributed by atoms with Crippen molar-refractivity contribution in [1.29, 1.82) is 5.41 Å². The van der Waals surface area contributed by atoms with E-state index < -0.39 is 6.29 Å². The highest BCUT2D eigenvalue weighted by Gasteiger charge is 1.87. The Labute approximate surface area is 35.7 Å². The molecule has 0 atom stereocenters. The summed E-state index contributed by atoms with van der Waals surface area (Å²) in [4.78, 5) is 0. The molecule has 0 aliphatic carbocycles. The first-order valence-corrected chi connectivity index (χ1v) is 1.62. The van der Waals surface area contributed by atoms with Crippen LogP contribution in [-0.4, -0.2) is 22.7 Å². The van der Waals surface area contributed by atoms with Gasteiger partial charge in [-0.2, -0.15) is 0 Å². The van der Waals surface area contributed by atoms with Crippen molar-refractivity contribution in [2.45, 2.75) is 12.7 Å². The summed E-state index contributed by atoms with van der Waals surface area (Å²) in [6.45, 7) is 0. The van der Waals surface area contributed by atoms with Gasteiger partial charge in [-0.3, -0.25) is 0 Å². The Balaban J connectivity index is 2.81. The van der Waals surface area contributed by atoms with E-state index in [4.69, 9.17) is 15.6 Å². The van der Waals surface area contributed by atoms with Crippen molar-refractivity contribution >= 4 is 6.21 Å². The minimum absolute atomic E-state index is 0.0278. The average Bonchev–Trinajstić information content (AvgIpc) is 1.35. The third-order valence-electron chi connectivity index (χ3n) is 0.329. The van der Waals surface area contributed by atoms with E-state index in [1.807, 2.05) is 0 Å². The third kappa shape index (κ3) is 3.59. The molecule has 0 aromatic heterocycles. The van der Waals surface area contributed by atoms with Gasteiger partial charge in [0, 0.05) is 12.6 Å². The molecule has 0 heterocycles. The van der Waals surface area contributed by atoms with Gasteiger partial charge in [0.15, 0.2) is 6.29 Å². The lowest BCUT2D eigenvalue weighted by atomic mass is 10.5. The van der Waals surface area contributed by atoms with Gasteiger partial charge in [-0.1, -0.05) is 0 Å². The van der Waals surface area contributed by atoms with Crippen LogP contribution >= 0.6 is 0 Å². The summed E-state index contributed by atoms with van der Waals surface area (Å²) in [5.74, 6) is 0. The van der Waals surface area contributed by atoms with Crippen molar-refractivity contribution in [3.8, 4) is 0 Å². The normalized spacial score (nSPS) is 9.17. The fourth-order valence-electron chi connectivity index (χ4n) is 0.105. The average molecular weight is 89.1 g/mol. The zero-order valence-electron chi connectivity index (χ0n) is 3.26. The van der Waals surface area contributed by atoms with E-state index >= 15 is 0 Å². The van der Waals surface area contributed by atoms with Gasteiger partial charge in [-0.15, -0.1) is 0 Å². The Kier molecular flexibility index (Phi) is 2.62. The van der Waals surface area contributed by atoms with Gasteiger partial charge in [0.05, 0.1) is 0 Å². The van der Waals surface area contributed by atoms with E-state index in [2.05, 4.69) is 0 Å². The molecule has 0 aliphatic heterocycles. The first-order chi connectivity index (χ1) is 2.77. The van der Waals surface area contributed by atoms with Gasteiger partial charge in [0.1, 0.15) is 0 Å². The zero-order valence-corrected chi connectivity index (χ0v) is 3.26. The second kappa shape index (κ2) is 2.81. The lowest BCUT2D eigenvalue weighted by molar-refractivity contribution is -0.0319. The third-order valence-corrected chi connectivity index (χ3v) is 0.329. The standard InChI is InChI=1S/C3H7NO2/c4-2-1-3(5)6/h2-6H,1H2. The largest absolute Gasteiger partial charge is 0.368 e. The van der Waals surface area contributed by atoms with Crippen LogP contribution in [0.15, 0.2) is 0 Å². The predicted molar refractivity (Wildman–Crippen MR) is 21.6 cm³/mol. The van der Waals surface area contributed by atoms with Gasteiger partial charge in [-0.25, -0.2) is 0 Å². The topological polar surface area (TPSA) is 64.3 Å². The smallest absolute Gasteiger partial charge is 0.156 e. The van der Waals surface area contributed by atoms with E-state index in [1.165, 1.54) is 0 Å². The molecule has 0 fully saturated rings. The molecule has 0 aromatic carbocycles. The molecule has 36 valence electrons. The summed E-state index contributed by atoms with van der Waals surface area (Å²) in [7, 11) is 0. The van der Waals surface area contributed by atoms with E-state index in [0.717, 1.165) is 6.21 Å². The Bertz CT molecular complexity index is 44.1. The SMILES string of the molecule is N=CCC(O)O. The molecule has 0 bridgehead atoms. The second-order valence-electron chi connectivity index (χ2n) is 0.920. The quantitative estimate of drug-likeness (QED) is 0.310. The summed E-state index contributed by atoms with van der Waals surface area (Å²) in [5.41, 5.74) is 0. The van der Waals surface area contributed by atoms with Crippen LogP contribution in [0.25, 0.3) is 0 Å². The maximum Gasteiger partial charge on any atom is 0.156 e. The second-order valence-corrected chi connectivity index (χ2v) is 0.920. The molecular weight excluding hydrogens is 82.0 g/mol. The molecule has 0 radical (unpaired) electrons. The summed E-state index contributed by atoms with van der Waals surface area (Å²) in [5, 5.41) is 22.2. The van der Waals surface area contributed by atoms with E-state index in [9.17, 15) is 0 Å². The Morgan fingerprint density at radius 1 is 1.67 bits per heavy atom. The lowest BCUT2D eigenvalue weighted by Gasteiger charge is -1.91. The molecule has 6 heavy (non-hydrogen) atoms. The minimum atomic E-state index is -1.34. The molecule has 0 spiro atoms. The first kappa shape index (κ1) is 5.59. The van der Waals surface area contributed by atoms with Crippen molar-refractivity contribution in [3.63, 3.8) is 0 Å². The minimum Gasteiger partial charge on any atom is -0.368 e. The van der Waals surface area contributed by atoms with Crippen LogP contribution < -0.4 is 0 Å². The zero-order chi connectivity index (χ0) is 4.99. The lowest BCUT2D eigenvalue weighted by Crippen LogP contribution is -2.02. The number of hydrogen-bond donors (Lipinski definition) is 3. The maximum absolute atomic E-state index is 7.96. The van der Waals surface area contributed by atoms with Crippen LogP contribution in [0.2, 0.25) is 0 Å². The van der Waals surface area contributed by atoms with Crippen LogP contribution in [0.3, 0.4) is 0 Å². The van der Waals surface area contributed by atoms with Crippen LogP contribution in [0.4, 0.5) is 0 Å². The van der Waals surface area contributed by atoms with Crippen molar-refractivity contribution < 1.29 is 10.2 Å². The van der Waals surface area contributed by atoms with E-state index in [1.54, 1.807) is 0 Å². The molecule has 0 saturated heterocycles. The van der Waals surface area contributed by atoms with E-state index in [-0.39, 0.29) is 6.42 Å². The van der Waals surface area contributed by atoms with Gasteiger partial charge in [-0.05, 0) is 0 Å². The molecule has 0 amide bonds. The van der Waals surface area contributed by atoms with Gasteiger partial charge in [0.25, 0.3) is 0 Å². The monoisotopic (exact) mass is 89.0 g/mol. The number of aliphatic hydroxyl groups excluding tert-OH is 1. The molecule has 3 heteroatoms. The highest BCUT2D eigenvalue weighted by atomic mass is 16.5. The fraction of sp³-hybridized carbons (Fsp3) is 0.667. The highest BCUT2D eigenvalue weighted by Crippen LogP contribution is 1.75. The number of nitrogens with one attached hydrogen (secondary N) is 1. The highest BCUT2D eigenvalue weighted by molar-refractivity contribution is 5.53. The summed E-state index contributed by atoms with van der Waals surface area (Å²) >= 11 is 0. The first-order valence-electron chi connectivity index (χ1n) is 1.62. The summed E-state index contributed by atoms with van der Waals surface area (Å²) in [6, 6.07) is 0. The van der Waals surface area contributed by atoms with Crippen molar-refractivity contribution in [2.24, 2.45) is 0 Å². The van der Waals surface area contributed by atoms with Crippen LogP contribution in [-0.2, 0) is 0 Å². The van der Waals surface area contributed by atoms with Crippen molar-refractivity contribution in [1.82, 2.24) is 0 Å². The van der Waals surface area contributed by atoms with E-state index in [0.29, 0.717) is 0 Å². The molecule has 0 aliphatic rings. The van der Waals surface area contributed by atoms with Gasteiger partial charge in [0.2, 0.25) is 0 Å². The van der Waals surface area contributed by atoms with Crippen LogP contribution in [0.1, 0.15) is 6.42 Å². The molecule has 0 saturated carbocycles. The van der Waals surface area contributed by atoms with Crippen molar-refractivity contribution in [2.75, 3.05) is 0 Å². The Morgan fingerprint density at radius 3 is 2.17 bits per heavy atom. The molecule has 0 unspecified atom stereocenters. The molecule has 3 nitrogen and oxygen atoms in total. The van der Waals surface area contributed by atoms with Gasteiger partial charge < -0.3 is 15.6 Å². The van der Waals surface area contributed by atoms with Crippen molar-refractivity contribution in [3.05, 3.63) is 0 Å². The number of rotatable bonds is 2. The van der Waals surface area contributed by atoms with Crippen LogP contribution in [0, 0.1) is 5.41 Å². The predicted octanol–water partition coefficient (Wildman–Crippen LogP) is -0.663. The van der Waals surface area contributed by atoms with Gasteiger partial charge >= 0.3 is 0 Å². The Hall–Kier alpha value is -0.410. The molecule has 0 rings (SSSR count). The number of hydrogen-bond acceptors (Lipinski definition) is 3.